The number of nitrogens with one attached hydrogen (secondary N) is 1. The Hall–Kier alpha value is -0.860. The monoisotopic (exact) mass is 244 g/mol. The van der Waals surface area contributed by atoms with Crippen LogP contribution in [0.15, 0.2) is 30.3 Å². The zero-order valence-corrected chi connectivity index (χ0v) is 11.1. The Morgan fingerprint density at radius 3 is 2.61 bits per heavy atom. The van der Waals surface area contributed by atoms with E-state index in [9.17, 15) is 0 Å². The Morgan fingerprint density at radius 1 is 1.00 bits per heavy atom. The fraction of sp³-hybridized carbons (Fsp3) is 0.625. The van der Waals surface area contributed by atoms with E-state index >= 15 is 0 Å². The third kappa shape index (κ3) is 2.93. The van der Waals surface area contributed by atoms with Crippen molar-refractivity contribution in [2.75, 3.05) is 26.2 Å². The minimum Gasteiger partial charge on any atom is -0.317 e. The molecule has 18 heavy (non-hydrogen) atoms. The predicted octanol–water partition coefficient (Wildman–Crippen LogP) is 2.51. The van der Waals surface area contributed by atoms with Gasteiger partial charge in [0.15, 0.2) is 0 Å². The summed E-state index contributed by atoms with van der Waals surface area (Å²) < 4.78 is 0. The van der Waals surface area contributed by atoms with E-state index in [1.807, 2.05) is 0 Å². The van der Waals surface area contributed by atoms with Gasteiger partial charge >= 0.3 is 0 Å². The number of likely N-dealkylation sites (tertiary alicyclic amines) is 1. The number of hydrogen-bond donors (Lipinski definition) is 1. The minimum atomic E-state index is 0.928. The molecule has 3 rings (SSSR count). The van der Waals surface area contributed by atoms with E-state index in [4.69, 9.17) is 0 Å². The summed E-state index contributed by atoms with van der Waals surface area (Å²) >= 11 is 0. The molecule has 0 radical (unpaired) electrons. The zero-order valence-electron chi connectivity index (χ0n) is 11.1. The van der Waals surface area contributed by atoms with Crippen molar-refractivity contribution in [3.8, 4) is 0 Å². The Kier molecular flexibility index (Phi) is 3.96. The van der Waals surface area contributed by atoms with Crippen LogP contribution < -0.4 is 5.32 Å². The first kappa shape index (κ1) is 12.2. The van der Waals surface area contributed by atoms with Crippen LogP contribution in [-0.2, 0) is 6.54 Å². The minimum absolute atomic E-state index is 0.928. The van der Waals surface area contributed by atoms with Crippen LogP contribution in [-0.4, -0.2) is 31.1 Å². The summed E-state index contributed by atoms with van der Waals surface area (Å²) in [5, 5.41) is 3.55. The second-order valence-corrected chi connectivity index (χ2v) is 5.86. The first-order valence-electron chi connectivity index (χ1n) is 7.39. The van der Waals surface area contributed by atoms with Gasteiger partial charge in [0.2, 0.25) is 0 Å². The third-order valence-corrected chi connectivity index (χ3v) is 4.61. The summed E-state index contributed by atoms with van der Waals surface area (Å²) in [4.78, 5) is 2.65. The summed E-state index contributed by atoms with van der Waals surface area (Å²) in [5.74, 6) is 1.91. The van der Waals surface area contributed by atoms with E-state index in [1.54, 1.807) is 0 Å². The predicted molar refractivity (Wildman–Crippen MR) is 75.4 cm³/mol. The molecule has 2 aliphatic heterocycles. The van der Waals surface area contributed by atoms with Crippen LogP contribution in [0, 0.1) is 11.8 Å². The molecule has 0 bridgehead atoms. The van der Waals surface area contributed by atoms with Crippen LogP contribution in [0.4, 0.5) is 0 Å². The van der Waals surface area contributed by atoms with Crippen molar-refractivity contribution >= 4 is 0 Å². The van der Waals surface area contributed by atoms with Crippen molar-refractivity contribution in [3.05, 3.63) is 35.9 Å². The normalized spacial score (nSPS) is 29.6. The fourth-order valence-corrected chi connectivity index (χ4v) is 3.55. The van der Waals surface area contributed by atoms with Crippen LogP contribution >= 0.6 is 0 Å². The highest BCUT2D eigenvalue weighted by Gasteiger charge is 2.29. The van der Waals surface area contributed by atoms with Gasteiger partial charge in [-0.25, -0.2) is 0 Å². The molecule has 98 valence electrons. The maximum absolute atomic E-state index is 3.55. The maximum atomic E-state index is 3.55. The highest BCUT2D eigenvalue weighted by molar-refractivity contribution is 5.14. The summed E-state index contributed by atoms with van der Waals surface area (Å²) in [7, 11) is 0. The standard InChI is InChI=1S/C16H24N2/c1-2-4-14(5-3-1)12-18-11-8-15-6-9-17-10-7-16(15)13-18/h1-5,15-17H,6-13H2. The molecule has 2 fully saturated rings. The first-order chi connectivity index (χ1) is 8.92. The van der Waals surface area contributed by atoms with Crippen LogP contribution in [0.3, 0.4) is 0 Å². The number of benzene rings is 1. The second kappa shape index (κ2) is 5.85. The molecular weight excluding hydrogens is 220 g/mol. The number of hydrogen-bond acceptors (Lipinski definition) is 2. The van der Waals surface area contributed by atoms with Crippen molar-refractivity contribution in [2.45, 2.75) is 25.8 Å². The van der Waals surface area contributed by atoms with Gasteiger partial charge in [-0.2, -0.15) is 0 Å². The summed E-state index contributed by atoms with van der Waals surface area (Å²) in [6.07, 6.45) is 4.17. The Bertz CT molecular complexity index is 363. The van der Waals surface area contributed by atoms with Gasteiger partial charge in [-0.05, 0) is 56.3 Å². The maximum Gasteiger partial charge on any atom is 0.0233 e. The van der Waals surface area contributed by atoms with E-state index in [-0.39, 0.29) is 0 Å². The van der Waals surface area contributed by atoms with Gasteiger partial charge < -0.3 is 5.32 Å². The van der Waals surface area contributed by atoms with Crippen molar-refractivity contribution in [1.29, 1.82) is 0 Å². The van der Waals surface area contributed by atoms with E-state index in [0.717, 1.165) is 18.4 Å². The number of rotatable bonds is 2. The summed E-state index contributed by atoms with van der Waals surface area (Å²) in [5.41, 5.74) is 1.46. The van der Waals surface area contributed by atoms with E-state index in [0.29, 0.717) is 0 Å². The Labute approximate surface area is 110 Å². The quantitative estimate of drug-likeness (QED) is 0.860. The van der Waals surface area contributed by atoms with Gasteiger partial charge in [0, 0.05) is 13.1 Å². The molecule has 2 atom stereocenters. The van der Waals surface area contributed by atoms with Crippen LogP contribution in [0.2, 0.25) is 0 Å². The van der Waals surface area contributed by atoms with Gasteiger partial charge in [0.1, 0.15) is 0 Å². The average molecular weight is 244 g/mol. The second-order valence-electron chi connectivity index (χ2n) is 5.86. The van der Waals surface area contributed by atoms with Crippen molar-refractivity contribution in [1.82, 2.24) is 10.2 Å². The third-order valence-electron chi connectivity index (χ3n) is 4.61. The molecule has 0 aromatic heterocycles. The van der Waals surface area contributed by atoms with Gasteiger partial charge in [0.05, 0.1) is 0 Å². The van der Waals surface area contributed by atoms with Crippen molar-refractivity contribution in [3.63, 3.8) is 0 Å². The van der Waals surface area contributed by atoms with Gasteiger partial charge in [-0.15, -0.1) is 0 Å². The number of fused-ring (bicyclic) bond motifs is 1. The zero-order chi connectivity index (χ0) is 12.2. The highest BCUT2D eigenvalue weighted by Crippen LogP contribution is 2.30. The molecule has 0 amide bonds. The van der Waals surface area contributed by atoms with Crippen molar-refractivity contribution in [2.24, 2.45) is 11.8 Å². The Balaban J connectivity index is 1.59. The molecule has 2 heteroatoms. The molecule has 2 aliphatic rings. The van der Waals surface area contributed by atoms with E-state index in [2.05, 4.69) is 40.5 Å². The van der Waals surface area contributed by atoms with Gasteiger partial charge in [-0.3, -0.25) is 4.90 Å². The molecule has 2 heterocycles. The summed E-state index contributed by atoms with van der Waals surface area (Å²) in [6, 6.07) is 10.9. The topological polar surface area (TPSA) is 15.3 Å². The van der Waals surface area contributed by atoms with Gasteiger partial charge in [0.25, 0.3) is 0 Å². The molecule has 0 saturated carbocycles. The van der Waals surface area contributed by atoms with E-state index in [1.165, 1.54) is 51.0 Å². The smallest absolute Gasteiger partial charge is 0.0233 e. The lowest BCUT2D eigenvalue weighted by atomic mass is 9.82. The summed E-state index contributed by atoms with van der Waals surface area (Å²) in [6.45, 7) is 6.19. The lowest BCUT2D eigenvalue weighted by Gasteiger charge is -2.37. The van der Waals surface area contributed by atoms with Gasteiger partial charge in [-0.1, -0.05) is 30.3 Å². The molecule has 0 spiro atoms. The van der Waals surface area contributed by atoms with Crippen LogP contribution in [0.1, 0.15) is 24.8 Å². The Morgan fingerprint density at radius 2 is 1.78 bits per heavy atom. The highest BCUT2D eigenvalue weighted by atomic mass is 15.1. The van der Waals surface area contributed by atoms with E-state index < -0.39 is 0 Å². The first-order valence-corrected chi connectivity index (χ1v) is 7.39. The SMILES string of the molecule is c1ccc(CN2CCC3CCNCCC3C2)cc1. The lowest BCUT2D eigenvalue weighted by Crippen LogP contribution is -2.39. The molecule has 1 aromatic carbocycles. The molecular formula is C16H24N2. The molecule has 1 N–H and O–H groups in total. The molecule has 2 unspecified atom stereocenters. The number of piperidine rings is 1. The van der Waals surface area contributed by atoms with Crippen LogP contribution in [0.5, 0.6) is 0 Å². The molecule has 0 aliphatic carbocycles. The van der Waals surface area contributed by atoms with Crippen molar-refractivity contribution < 1.29 is 0 Å². The molecule has 2 nitrogen and oxygen atoms in total. The fourth-order valence-electron chi connectivity index (χ4n) is 3.55. The van der Waals surface area contributed by atoms with Crippen LogP contribution in [0.25, 0.3) is 0 Å². The average Bonchev–Trinajstić information content (AvgIpc) is 2.64. The molecule has 2 saturated heterocycles. The largest absolute Gasteiger partial charge is 0.317 e. The lowest BCUT2D eigenvalue weighted by molar-refractivity contribution is 0.110. The molecule has 1 aromatic rings. The number of nitrogens with zero attached hydrogens (tertiary/aromatic N) is 1.